The number of hydrogen-bond donors (Lipinski definition) is 3. The summed E-state index contributed by atoms with van der Waals surface area (Å²) in [5.41, 5.74) is 0. The fourth-order valence-corrected chi connectivity index (χ4v) is 2.67. The van der Waals surface area contributed by atoms with Crippen LogP contribution in [0.15, 0.2) is 12.4 Å². The van der Waals surface area contributed by atoms with Gasteiger partial charge in [0.25, 0.3) is 10.2 Å². The van der Waals surface area contributed by atoms with Gasteiger partial charge in [0.1, 0.15) is 5.82 Å². The normalized spacial score (nSPS) is 14.0. The highest BCUT2D eigenvalue weighted by molar-refractivity contribution is 7.87. The predicted molar refractivity (Wildman–Crippen MR) is 68.0 cm³/mol. The van der Waals surface area contributed by atoms with E-state index in [4.69, 9.17) is 5.11 Å². The Morgan fingerprint density at radius 3 is 2.83 bits per heavy atom. The second kappa shape index (κ2) is 6.83. The maximum absolute atomic E-state index is 12.0. The van der Waals surface area contributed by atoms with Crippen molar-refractivity contribution in [1.82, 2.24) is 19.0 Å². The average Bonchev–Trinajstić information content (AvgIpc) is 2.86. The lowest BCUT2D eigenvalue weighted by Crippen LogP contribution is -2.41. The number of hydrogen-bond acceptors (Lipinski definition) is 4. The lowest BCUT2D eigenvalue weighted by molar-refractivity contribution is 0.275. The molecule has 1 rings (SSSR count). The van der Waals surface area contributed by atoms with Crippen molar-refractivity contribution in [2.45, 2.75) is 25.8 Å². The molecule has 104 valence electrons. The molecule has 0 saturated heterocycles. The van der Waals surface area contributed by atoms with Gasteiger partial charge in [-0.2, -0.15) is 17.4 Å². The zero-order chi connectivity index (χ0) is 13.6. The van der Waals surface area contributed by atoms with Gasteiger partial charge in [0.2, 0.25) is 0 Å². The van der Waals surface area contributed by atoms with Crippen LogP contribution in [0.25, 0.3) is 0 Å². The lowest BCUT2D eigenvalue weighted by Gasteiger charge is -2.21. The minimum absolute atomic E-state index is 0.0325. The van der Waals surface area contributed by atoms with E-state index in [1.807, 2.05) is 6.92 Å². The van der Waals surface area contributed by atoms with Crippen molar-refractivity contribution in [3.05, 3.63) is 18.2 Å². The van der Waals surface area contributed by atoms with E-state index in [-0.39, 0.29) is 19.2 Å². The molecule has 0 saturated carbocycles. The maximum Gasteiger partial charge on any atom is 0.279 e. The largest absolute Gasteiger partial charge is 0.396 e. The summed E-state index contributed by atoms with van der Waals surface area (Å²) in [5.74, 6) is 0.594. The summed E-state index contributed by atoms with van der Waals surface area (Å²) < 4.78 is 27.8. The van der Waals surface area contributed by atoms with E-state index in [1.54, 1.807) is 12.4 Å². The monoisotopic (exact) mass is 276 g/mol. The molecule has 8 heteroatoms. The molecule has 0 aromatic carbocycles. The SMILES string of the molecule is CCC(NS(=O)(=O)N(C)CCCO)c1ncc[nH]1. The molecule has 7 nitrogen and oxygen atoms in total. The van der Waals surface area contributed by atoms with Crippen LogP contribution in [0, 0.1) is 0 Å². The Morgan fingerprint density at radius 1 is 1.61 bits per heavy atom. The Morgan fingerprint density at radius 2 is 2.33 bits per heavy atom. The molecule has 1 unspecified atom stereocenters. The zero-order valence-electron chi connectivity index (χ0n) is 10.6. The van der Waals surface area contributed by atoms with Crippen molar-refractivity contribution in [1.29, 1.82) is 0 Å². The Kier molecular flexibility index (Phi) is 5.73. The number of rotatable bonds is 8. The van der Waals surface area contributed by atoms with Gasteiger partial charge in [-0.1, -0.05) is 6.92 Å². The van der Waals surface area contributed by atoms with Crippen LogP contribution in [0.3, 0.4) is 0 Å². The van der Waals surface area contributed by atoms with Crippen LogP contribution in [0.4, 0.5) is 0 Å². The summed E-state index contributed by atoms with van der Waals surface area (Å²) in [6, 6.07) is -0.374. The van der Waals surface area contributed by atoms with Crippen LogP contribution in [0.5, 0.6) is 0 Å². The second-order valence-electron chi connectivity index (χ2n) is 3.96. The molecule has 0 spiro atoms. The molecule has 1 heterocycles. The number of aliphatic hydroxyl groups is 1. The first-order valence-corrected chi connectivity index (χ1v) is 7.29. The molecule has 0 amide bonds. The molecule has 0 aliphatic rings. The summed E-state index contributed by atoms with van der Waals surface area (Å²) in [6.07, 6.45) is 4.25. The molecule has 0 aliphatic carbocycles. The molecule has 0 fully saturated rings. The highest BCUT2D eigenvalue weighted by atomic mass is 32.2. The molecule has 0 bridgehead atoms. The Bertz CT molecular complexity index is 432. The summed E-state index contributed by atoms with van der Waals surface area (Å²) in [4.78, 5) is 6.95. The van der Waals surface area contributed by atoms with Crippen molar-refractivity contribution in [3.63, 3.8) is 0 Å². The van der Waals surface area contributed by atoms with Crippen molar-refractivity contribution < 1.29 is 13.5 Å². The number of nitrogens with zero attached hydrogens (tertiary/aromatic N) is 2. The Labute approximate surface area is 107 Å². The van der Waals surface area contributed by atoms with Crippen LogP contribution < -0.4 is 4.72 Å². The average molecular weight is 276 g/mol. The number of aliphatic hydroxyl groups excluding tert-OH is 1. The second-order valence-corrected chi connectivity index (χ2v) is 5.77. The molecular formula is C10H20N4O3S. The third kappa shape index (κ3) is 4.05. The maximum atomic E-state index is 12.0. The molecule has 1 aromatic rings. The topological polar surface area (TPSA) is 98.3 Å². The Balaban J connectivity index is 2.68. The van der Waals surface area contributed by atoms with Crippen LogP contribution in [0.2, 0.25) is 0 Å². The first kappa shape index (κ1) is 15.1. The van der Waals surface area contributed by atoms with E-state index < -0.39 is 10.2 Å². The van der Waals surface area contributed by atoms with E-state index >= 15 is 0 Å². The van der Waals surface area contributed by atoms with Crippen molar-refractivity contribution in [3.8, 4) is 0 Å². The first-order valence-electron chi connectivity index (χ1n) is 5.85. The van der Waals surface area contributed by atoms with Crippen molar-refractivity contribution in [2.75, 3.05) is 20.2 Å². The van der Waals surface area contributed by atoms with Crippen LogP contribution >= 0.6 is 0 Å². The minimum Gasteiger partial charge on any atom is -0.396 e. The van der Waals surface area contributed by atoms with E-state index in [0.717, 1.165) is 0 Å². The van der Waals surface area contributed by atoms with Gasteiger partial charge in [-0.15, -0.1) is 0 Å². The Hall–Kier alpha value is -0.960. The quantitative estimate of drug-likeness (QED) is 0.623. The van der Waals surface area contributed by atoms with E-state index in [1.165, 1.54) is 11.4 Å². The summed E-state index contributed by atoms with van der Waals surface area (Å²) in [6.45, 7) is 2.12. The molecule has 1 aromatic heterocycles. The van der Waals surface area contributed by atoms with Gasteiger partial charge in [-0.25, -0.2) is 4.98 Å². The van der Waals surface area contributed by atoms with Gasteiger partial charge in [-0.3, -0.25) is 0 Å². The van der Waals surface area contributed by atoms with Crippen molar-refractivity contribution in [2.24, 2.45) is 0 Å². The number of imidazole rings is 1. The molecule has 18 heavy (non-hydrogen) atoms. The molecule has 0 aliphatic heterocycles. The van der Waals surface area contributed by atoms with Gasteiger partial charge in [0.05, 0.1) is 6.04 Å². The molecule has 1 atom stereocenters. The molecule has 3 N–H and O–H groups in total. The van der Waals surface area contributed by atoms with Gasteiger partial charge in [0.15, 0.2) is 0 Å². The summed E-state index contributed by atoms with van der Waals surface area (Å²) in [7, 11) is -2.08. The van der Waals surface area contributed by atoms with E-state index in [2.05, 4.69) is 14.7 Å². The van der Waals surface area contributed by atoms with Gasteiger partial charge < -0.3 is 10.1 Å². The third-order valence-corrected chi connectivity index (χ3v) is 4.18. The number of aromatic amines is 1. The third-order valence-electron chi connectivity index (χ3n) is 2.59. The molecule has 0 radical (unpaired) electrons. The summed E-state index contributed by atoms with van der Waals surface area (Å²) in [5, 5.41) is 8.70. The van der Waals surface area contributed by atoms with Crippen LogP contribution in [0.1, 0.15) is 31.6 Å². The predicted octanol–water partition coefficient (Wildman–Crippen LogP) is 0.00940. The highest BCUT2D eigenvalue weighted by Crippen LogP contribution is 2.13. The van der Waals surface area contributed by atoms with Gasteiger partial charge in [0, 0.05) is 32.6 Å². The first-order chi connectivity index (χ1) is 8.51. The van der Waals surface area contributed by atoms with Crippen LogP contribution in [-0.4, -0.2) is 48.0 Å². The highest BCUT2D eigenvalue weighted by Gasteiger charge is 2.23. The van der Waals surface area contributed by atoms with E-state index in [0.29, 0.717) is 18.7 Å². The number of H-pyrrole nitrogens is 1. The fraction of sp³-hybridized carbons (Fsp3) is 0.700. The molecular weight excluding hydrogens is 256 g/mol. The standard InChI is InChI=1S/C10H20N4O3S/c1-3-9(10-11-5-6-12-10)13-18(16,17)14(2)7-4-8-15/h5-6,9,13,15H,3-4,7-8H2,1-2H3,(H,11,12). The lowest BCUT2D eigenvalue weighted by atomic mass is 10.2. The van der Waals surface area contributed by atoms with Crippen LogP contribution in [-0.2, 0) is 10.2 Å². The number of nitrogens with one attached hydrogen (secondary N) is 2. The number of aromatic nitrogens is 2. The van der Waals surface area contributed by atoms with Gasteiger partial charge in [-0.05, 0) is 12.8 Å². The van der Waals surface area contributed by atoms with Crippen molar-refractivity contribution >= 4 is 10.2 Å². The minimum atomic E-state index is -3.56. The zero-order valence-corrected chi connectivity index (χ0v) is 11.4. The van der Waals surface area contributed by atoms with E-state index in [9.17, 15) is 8.42 Å². The van der Waals surface area contributed by atoms with Gasteiger partial charge >= 0.3 is 0 Å². The summed E-state index contributed by atoms with van der Waals surface area (Å²) >= 11 is 0. The smallest absolute Gasteiger partial charge is 0.279 e. The fourth-order valence-electron chi connectivity index (χ4n) is 1.48.